The van der Waals surface area contributed by atoms with E-state index in [1.807, 2.05) is 17.0 Å². The van der Waals surface area contributed by atoms with E-state index in [9.17, 15) is 4.79 Å². The fourth-order valence-corrected chi connectivity index (χ4v) is 2.68. The number of rotatable bonds is 1. The van der Waals surface area contributed by atoms with Crippen LogP contribution in [0.3, 0.4) is 0 Å². The lowest BCUT2D eigenvalue weighted by atomic mass is 9.91. The van der Waals surface area contributed by atoms with E-state index in [-0.39, 0.29) is 5.91 Å². The van der Waals surface area contributed by atoms with E-state index < -0.39 is 0 Å². The lowest BCUT2D eigenvalue weighted by molar-refractivity contribution is 0.0623. The summed E-state index contributed by atoms with van der Waals surface area (Å²) in [5.74, 6) is 1.28. The van der Waals surface area contributed by atoms with Crippen molar-refractivity contribution in [2.24, 2.45) is 11.8 Å². The van der Waals surface area contributed by atoms with E-state index in [0.717, 1.165) is 13.1 Å². The first-order valence-electron chi connectivity index (χ1n) is 6.21. The van der Waals surface area contributed by atoms with Gasteiger partial charge >= 0.3 is 0 Å². The number of carbonyl (C=O) groups is 1. The zero-order chi connectivity index (χ0) is 12.4. The van der Waals surface area contributed by atoms with Crippen LogP contribution in [0.25, 0.3) is 0 Å². The number of nitrogen functional groups attached to an aromatic ring is 1. The van der Waals surface area contributed by atoms with Crippen molar-refractivity contribution in [2.45, 2.75) is 20.3 Å². The van der Waals surface area contributed by atoms with Crippen molar-refractivity contribution in [1.82, 2.24) is 4.90 Å². The van der Waals surface area contributed by atoms with Crippen molar-refractivity contribution in [3.8, 4) is 0 Å². The number of likely N-dealkylation sites (tertiary alicyclic amines) is 1. The first-order chi connectivity index (χ1) is 8.06. The van der Waals surface area contributed by atoms with E-state index in [0.29, 0.717) is 23.1 Å². The zero-order valence-electron chi connectivity index (χ0n) is 10.5. The van der Waals surface area contributed by atoms with Crippen LogP contribution in [0.2, 0.25) is 0 Å². The molecule has 92 valence electrons. The summed E-state index contributed by atoms with van der Waals surface area (Å²) in [6.45, 7) is 6.13. The molecule has 0 bridgehead atoms. The molecule has 2 atom stereocenters. The molecule has 0 spiro atoms. The van der Waals surface area contributed by atoms with Gasteiger partial charge in [0.15, 0.2) is 0 Å². The van der Waals surface area contributed by atoms with Crippen molar-refractivity contribution >= 4 is 11.6 Å². The van der Waals surface area contributed by atoms with E-state index in [1.165, 1.54) is 6.42 Å². The van der Waals surface area contributed by atoms with Gasteiger partial charge in [0.2, 0.25) is 0 Å². The summed E-state index contributed by atoms with van der Waals surface area (Å²) < 4.78 is 0. The lowest BCUT2D eigenvalue weighted by Crippen LogP contribution is -2.42. The van der Waals surface area contributed by atoms with Crippen LogP contribution >= 0.6 is 0 Å². The molecule has 17 heavy (non-hydrogen) atoms. The zero-order valence-corrected chi connectivity index (χ0v) is 10.5. The van der Waals surface area contributed by atoms with Gasteiger partial charge in [0.25, 0.3) is 5.91 Å². The van der Waals surface area contributed by atoms with Crippen LogP contribution < -0.4 is 5.73 Å². The molecule has 1 heterocycles. The molecule has 1 aromatic rings. The van der Waals surface area contributed by atoms with Gasteiger partial charge in [-0.1, -0.05) is 19.9 Å². The Labute approximate surface area is 103 Å². The molecule has 3 heteroatoms. The SMILES string of the molecule is C[C@H]1C[C@H](C)CN(C(=O)c2cccc(N)c2)C1. The van der Waals surface area contributed by atoms with Gasteiger partial charge in [-0.25, -0.2) is 0 Å². The maximum absolute atomic E-state index is 12.3. The van der Waals surface area contributed by atoms with Crippen LogP contribution in [0.5, 0.6) is 0 Å². The quantitative estimate of drug-likeness (QED) is 0.756. The second-order valence-electron chi connectivity index (χ2n) is 5.28. The minimum atomic E-state index is 0.107. The molecule has 1 amide bonds. The van der Waals surface area contributed by atoms with Crippen molar-refractivity contribution in [1.29, 1.82) is 0 Å². The molecule has 1 aliphatic rings. The number of nitrogens with zero attached hydrogens (tertiary/aromatic N) is 1. The van der Waals surface area contributed by atoms with Crippen LogP contribution in [-0.4, -0.2) is 23.9 Å². The van der Waals surface area contributed by atoms with Crippen molar-refractivity contribution in [3.05, 3.63) is 29.8 Å². The van der Waals surface area contributed by atoms with Crippen LogP contribution in [0.15, 0.2) is 24.3 Å². The van der Waals surface area contributed by atoms with Gasteiger partial charge in [-0.15, -0.1) is 0 Å². The molecule has 0 aliphatic carbocycles. The molecule has 1 aliphatic heterocycles. The van der Waals surface area contributed by atoms with Crippen molar-refractivity contribution in [3.63, 3.8) is 0 Å². The van der Waals surface area contributed by atoms with Crippen molar-refractivity contribution < 1.29 is 4.79 Å². The molecule has 1 fully saturated rings. The Balaban J connectivity index is 2.14. The summed E-state index contributed by atoms with van der Waals surface area (Å²) in [4.78, 5) is 14.3. The molecule has 2 N–H and O–H groups in total. The van der Waals surface area contributed by atoms with Gasteiger partial charge < -0.3 is 10.6 Å². The summed E-state index contributed by atoms with van der Waals surface area (Å²) in [5.41, 5.74) is 7.06. The number of hydrogen-bond acceptors (Lipinski definition) is 2. The van der Waals surface area contributed by atoms with Gasteiger partial charge in [-0.05, 0) is 36.5 Å². The first kappa shape index (κ1) is 12.0. The largest absolute Gasteiger partial charge is 0.399 e. The molecular weight excluding hydrogens is 212 g/mol. The number of carbonyl (C=O) groups excluding carboxylic acids is 1. The summed E-state index contributed by atoms with van der Waals surface area (Å²) >= 11 is 0. The summed E-state index contributed by atoms with van der Waals surface area (Å²) in [6.07, 6.45) is 1.21. The topological polar surface area (TPSA) is 46.3 Å². The molecule has 3 nitrogen and oxygen atoms in total. The second kappa shape index (κ2) is 4.78. The van der Waals surface area contributed by atoms with Gasteiger partial charge in [0, 0.05) is 24.3 Å². The van der Waals surface area contributed by atoms with E-state index >= 15 is 0 Å². The Morgan fingerprint density at radius 1 is 1.29 bits per heavy atom. The monoisotopic (exact) mass is 232 g/mol. The average Bonchev–Trinajstić information content (AvgIpc) is 2.26. The molecule has 0 unspecified atom stereocenters. The Bertz CT molecular complexity index is 406. The number of anilines is 1. The highest BCUT2D eigenvalue weighted by atomic mass is 16.2. The minimum Gasteiger partial charge on any atom is -0.399 e. The number of hydrogen-bond donors (Lipinski definition) is 1. The third-order valence-electron chi connectivity index (χ3n) is 3.29. The third-order valence-corrected chi connectivity index (χ3v) is 3.29. The highest BCUT2D eigenvalue weighted by Gasteiger charge is 2.25. The molecule has 1 saturated heterocycles. The van der Waals surface area contributed by atoms with Gasteiger partial charge in [0.1, 0.15) is 0 Å². The van der Waals surface area contributed by atoms with Crippen LogP contribution in [-0.2, 0) is 0 Å². The van der Waals surface area contributed by atoms with Gasteiger partial charge in [-0.3, -0.25) is 4.79 Å². The Kier molecular flexibility index (Phi) is 3.36. The smallest absolute Gasteiger partial charge is 0.253 e. The molecule has 1 aromatic carbocycles. The number of benzene rings is 1. The normalized spacial score (nSPS) is 24.7. The average molecular weight is 232 g/mol. The predicted molar refractivity (Wildman–Crippen MR) is 69.7 cm³/mol. The Morgan fingerprint density at radius 3 is 2.53 bits per heavy atom. The van der Waals surface area contributed by atoms with Crippen molar-refractivity contribution in [2.75, 3.05) is 18.8 Å². The van der Waals surface area contributed by atoms with E-state index in [4.69, 9.17) is 5.73 Å². The number of piperidine rings is 1. The van der Waals surface area contributed by atoms with Gasteiger partial charge in [-0.2, -0.15) is 0 Å². The van der Waals surface area contributed by atoms with Crippen LogP contribution in [0.4, 0.5) is 5.69 Å². The van der Waals surface area contributed by atoms with Crippen LogP contribution in [0.1, 0.15) is 30.6 Å². The number of nitrogens with two attached hydrogens (primary N) is 1. The third kappa shape index (κ3) is 2.78. The second-order valence-corrected chi connectivity index (χ2v) is 5.28. The number of amides is 1. The summed E-state index contributed by atoms with van der Waals surface area (Å²) in [5, 5.41) is 0. The maximum Gasteiger partial charge on any atom is 0.253 e. The first-order valence-corrected chi connectivity index (χ1v) is 6.21. The summed E-state index contributed by atoms with van der Waals surface area (Å²) in [7, 11) is 0. The molecule has 2 rings (SSSR count). The minimum absolute atomic E-state index is 0.107. The van der Waals surface area contributed by atoms with Gasteiger partial charge in [0.05, 0.1) is 0 Å². The highest BCUT2D eigenvalue weighted by Crippen LogP contribution is 2.22. The Hall–Kier alpha value is -1.51. The predicted octanol–water partition coefficient (Wildman–Crippen LogP) is 2.39. The fourth-order valence-electron chi connectivity index (χ4n) is 2.68. The molecule has 0 aromatic heterocycles. The highest BCUT2D eigenvalue weighted by molar-refractivity contribution is 5.95. The Morgan fingerprint density at radius 2 is 1.94 bits per heavy atom. The standard InChI is InChI=1S/C14H20N2O/c1-10-6-11(2)9-16(8-10)14(17)12-4-3-5-13(15)7-12/h3-5,7,10-11H,6,8-9,15H2,1-2H3/t10-,11-/m0/s1. The lowest BCUT2D eigenvalue weighted by Gasteiger charge is -2.35. The van der Waals surface area contributed by atoms with Crippen LogP contribution in [0, 0.1) is 11.8 Å². The maximum atomic E-state index is 12.3. The molecule has 0 radical (unpaired) electrons. The van der Waals surface area contributed by atoms with E-state index in [2.05, 4.69) is 13.8 Å². The summed E-state index contributed by atoms with van der Waals surface area (Å²) in [6, 6.07) is 7.23. The fraction of sp³-hybridized carbons (Fsp3) is 0.500. The van der Waals surface area contributed by atoms with E-state index in [1.54, 1.807) is 12.1 Å². The molecule has 0 saturated carbocycles. The molecular formula is C14H20N2O.